The van der Waals surface area contributed by atoms with Gasteiger partial charge in [-0.2, -0.15) is 0 Å². The average Bonchev–Trinajstić information content (AvgIpc) is 2.43. The Labute approximate surface area is 123 Å². The molecule has 2 aliphatic rings. The van der Waals surface area contributed by atoms with Crippen LogP contribution in [0.2, 0.25) is 0 Å². The van der Waals surface area contributed by atoms with Gasteiger partial charge in [0.1, 0.15) is 0 Å². The Balaban J connectivity index is 1.66. The number of rotatable bonds is 4. The summed E-state index contributed by atoms with van der Waals surface area (Å²) >= 11 is 0. The van der Waals surface area contributed by atoms with Gasteiger partial charge in [0.05, 0.1) is 12.2 Å². The lowest BCUT2D eigenvalue weighted by molar-refractivity contribution is -0.118. The molecule has 0 aromatic heterocycles. The van der Waals surface area contributed by atoms with Gasteiger partial charge in [-0.1, -0.05) is 13.5 Å². The highest BCUT2D eigenvalue weighted by Gasteiger charge is 2.26. The van der Waals surface area contributed by atoms with E-state index in [2.05, 4.69) is 18.8 Å². The number of nitrogens with one attached hydrogen (secondary N) is 1. The second kappa shape index (κ2) is 7.26. The molecule has 0 aliphatic heterocycles. The molecule has 2 saturated carbocycles. The van der Waals surface area contributed by atoms with Gasteiger partial charge in [0, 0.05) is 11.6 Å². The van der Waals surface area contributed by atoms with E-state index in [0.29, 0.717) is 23.8 Å². The number of carbonyl (C=O) groups is 1. The Hall–Kier alpha value is -0.830. The van der Waals surface area contributed by atoms with Crippen molar-refractivity contribution in [2.75, 3.05) is 0 Å². The van der Waals surface area contributed by atoms with Crippen molar-refractivity contribution in [3.63, 3.8) is 0 Å². The van der Waals surface area contributed by atoms with E-state index in [1.165, 1.54) is 25.7 Å². The molecule has 0 heterocycles. The maximum Gasteiger partial charge on any atom is 0.246 e. The minimum Gasteiger partial charge on any atom is -0.375 e. The van der Waals surface area contributed by atoms with Crippen LogP contribution in [0.3, 0.4) is 0 Å². The molecule has 3 nitrogen and oxygen atoms in total. The second-order valence-corrected chi connectivity index (χ2v) is 6.75. The van der Waals surface area contributed by atoms with Crippen LogP contribution in [0, 0.1) is 5.92 Å². The zero-order valence-electron chi connectivity index (χ0n) is 13.0. The summed E-state index contributed by atoms with van der Waals surface area (Å²) in [7, 11) is 0. The van der Waals surface area contributed by atoms with Gasteiger partial charge in [0.25, 0.3) is 0 Å². The minimum absolute atomic E-state index is 0.00404. The fraction of sp³-hybridized carbons (Fsp3) is 0.824. The molecule has 1 amide bonds. The van der Waals surface area contributed by atoms with Gasteiger partial charge in [-0.3, -0.25) is 4.79 Å². The third kappa shape index (κ3) is 4.62. The van der Waals surface area contributed by atoms with E-state index in [4.69, 9.17) is 4.74 Å². The summed E-state index contributed by atoms with van der Waals surface area (Å²) < 4.78 is 6.25. The zero-order chi connectivity index (χ0) is 14.5. The van der Waals surface area contributed by atoms with E-state index in [9.17, 15) is 4.79 Å². The van der Waals surface area contributed by atoms with Crippen LogP contribution in [0.5, 0.6) is 0 Å². The summed E-state index contributed by atoms with van der Waals surface area (Å²) in [6, 6.07) is 0.311. The maximum atomic E-state index is 11.6. The number of hydrogen-bond donors (Lipinski definition) is 1. The molecule has 0 unspecified atom stereocenters. The van der Waals surface area contributed by atoms with Crippen LogP contribution >= 0.6 is 0 Å². The molecule has 20 heavy (non-hydrogen) atoms. The molecule has 1 N–H and O–H groups in total. The van der Waals surface area contributed by atoms with Gasteiger partial charge < -0.3 is 10.1 Å². The van der Waals surface area contributed by atoms with Gasteiger partial charge in [0.15, 0.2) is 0 Å². The highest BCUT2D eigenvalue weighted by Crippen LogP contribution is 2.29. The molecule has 0 spiro atoms. The third-order valence-electron chi connectivity index (χ3n) is 4.74. The van der Waals surface area contributed by atoms with Crippen LogP contribution < -0.4 is 5.32 Å². The quantitative estimate of drug-likeness (QED) is 0.799. The predicted molar refractivity (Wildman–Crippen MR) is 81.5 cm³/mol. The molecule has 114 valence electrons. The average molecular weight is 279 g/mol. The van der Waals surface area contributed by atoms with Crippen molar-refractivity contribution < 1.29 is 9.53 Å². The fourth-order valence-corrected chi connectivity index (χ4v) is 3.29. The SMILES string of the molecule is C=C(C)C(=O)NC1CCC(OC2CCC(C)CC2)CC1. The van der Waals surface area contributed by atoms with Crippen molar-refractivity contribution in [1.82, 2.24) is 5.32 Å². The van der Waals surface area contributed by atoms with E-state index in [1.807, 2.05) is 0 Å². The molecule has 0 aromatic rings. The smallest absolute Gasteiger partial charge is 0.246 e. The lowest BCUT2D eigenvalue weighted by Crippen LogP contribution is -2.40. The van der Waals surface area contributed by atoms with Crippen LogP contribution in [-0.2, 0) is 9.53 Å². The normalized spacial score (nSPS) is 34.5. The van der Waals surface area contributed by atoms with Crippen molar-refractivity contribution >= 4 is 5.91 Å². The molecule has 0 bridgehead atoms. The molecule has 0 radical (unpaired) electrons. The Kier molecular flexibility index (Phi) is 5.64. The number of ether oxygens (including phenoxy) is 1. The van der Waals surface area contributed by atoms with E-state index in [0.717, 1.165) is 31.6 Å². The second-order valence-electron chi connectivity index (χ2n) is 6.75. The topological polar surface area (TPSA) is 38.3 Å². The van der Waals surface area contributed by atoms with Gasteiger partial charge in [-0.05, 0) is 64.2 Å². The summed E-state index contributed by atoms with van der Waals surface area (Å²) in [5.74, 6) is 0.874. The molecule has 0 aromatic carbocycles. The highest BCUT2D eigenvalue weighted by molar-refractivity contribution is 5.92. The minimum atomic E-state index is -0.00404. The third-order valence-corrected chi connectivity index (χ3v) is 4.74. The first-order chi connectivity index (χ1) is 9.54. The van der Waals surface area contributed by atoms with Crippen LogP contribution in [0.25, 0.3) is 0 Å². The van der Waals surface area contributed by atoms with E-state index >= 15 is 0 Å². The van der Waals surface area contributed by atoms with Crippen molar-refractivity contribution in [2.45, 2.75) is 83.5 Å². The highest BCUT2D eigenvalue weighted by atomic mass is 16.5. The molecule has 0 atom stereocenters. The van der Waals surface area contributed by atoms with Crippen LogP contribution in [0.4, 0.5) is 0 Å². The predicted octanol–water partition coefficient (Wildman–Crippen LogP) is 3.59. The first kappa shape index (κ1) is 15.6. The zero-order valence-corrected chi connectivity index (χ0v) is 13.0. The Morgan fingerprint density at radius 3 is 2.00 bits per heavy atom. The van der Waals surface area contributed by atoms with Crippen molar-refractivity contribution in [1.29, 1.82) is 0 Å². The fourth-order valence-electron chi connectivity index (χ4n) is 3.29. The Morgan fingerprint density at radius 1 is 1.00 bits per heavy atom. The molecular formula is C17H29NO2. The maximum absolute atomic E-state index is 11.6. The Morgan fingerprint density at radius 2 is 1.50 bits per heavy atom. The summed E-state index contributed by atoms with van der Waals surface area (Å²) in [6.45, 7) is 7.78. The van der Waals surface area contributed by atoms with E-state index in [-0.39, 0.29) is 5.91 Å². The van der Waals surface area contributed by atoms with Crippen molar-refractivity contribution in [3.05, 3.63) is 12.2 Å². The van der Waals surface area contributed by atoms with Gasteiger partial charge in [0.2, 0.25) is 5.91 Å². The summed E-state index contributed by atoms with van der Waals surface area (Å²) in [4.78, 5) is 11.6. The first-order valence-electron chi connectivity index (χ1n) is 8.16. The van der Waals surface area contributed by atoms with Crippen LogP contribution in [-0.4, -0.2) is 24.2 Å². The van der Waals surface area contributed by atoms with Gasteiger partial charge in [-0.25, -0.2) is 0 Å². The number of hydrogen-bond acceptors (Lipinski definition) is 2. The summed E-state index contributed by atoms with van der Waals surface area (Å²) in [6.07, 6.45) is 10.2. The number of amides is 1. The largest absolute Gasteiger partial charge is 0.375 e. The van der Waals surface area contributed by atoms with E-state index < -0.39 is 0 Å². The van der Waals surface area contributed by atoms with Crippen LogP contribution in [0.1, 0.15) is 65.2 Å². The molecular weight excluding hydrogens is 250 g/mol. The van der Waals surface area contributed by atoms with Crippen molar-refractivity contribution in [3.8, 4) is 0 Å². The monoisotopic (exact) mass is 279 g/mol. The molecule has 2 aliphatic carbocycles. The molecule has 3 heteroatoms. The van der Waals surface area contributed by atoms with Gasteiger partial charge in [-0.15, -0.1) is 0 Å². The standard InChI is InChI=1S/C17H29NO2/c1-12(2)17(19)18-14-6-10-16(11-7-14)20-15-8-4-13(3)5-9-15/h13-16H,1,4-11H2,2-3H3,(H,18,19). The molecule has 0 saturated heterocycles. The van der Waals surface area contributed by atoms with E-state index in [1.54, 1.807) is 6.92 Å². The number of carbonyl (C=O) groups excluding carboxylic acids is 1. The molecule has 2 fully saturated rings. The molecule has 2 rings (SSSR count). The van der Waals surface area contributed by atoms with Crippen molar-refractivity contribution in [2.24, 2.45) is 5.92 Å². The summed E-state index contributed by atoms with van der Waals surface area (Å²) in [5.41, 5.74) is 0.597. The van der Waals surface area contributed by atoms with Gasteiger partial charge >= 0.3 is 0 Å². The van der Waals surface area contributed by atoms with Crippen LogP contribution in [0.15, 0.2) is 12.2 Å². The first-order valence-corrected chi connectivity index (χ1v) is 8.16. The lowest BCUT2D eigenvalue weighted by atomic mass is 9.88. The Bertz CT molecular complexity index is 337. The summed E-state index contributed by atoms with van der Waals surface area (Å²) in [5, 5.41) is 3.05. The lowest BCUT2D eigenvalue weighted by Gasteiger charge is -2.34.